The molecule has 0 saturated carbocycles. The lowest BCUT2D eigenvalue weighted by Crippen LogP contribution is -2.35. The van der Waals surface area contributed by atoms with E-state index < -0.39 is 0 Å². The van der Waals surface area contributed by atoms with Crippen LogP contribution in [0.25, 0.3) is 11.0 Å². The van der Waals surface area contributed by atoms with Gasteiger partial charge in [0.1, 0.15) is 0 Å². The molecule has 0 bridgehead atoms. The maximum atomic E-state index is 5.91. The highest BCUT2D eigenvalue weighted by Gasteiger charge is 2.30. The SMILES string of the molecule is Nc1ccc(N2CCC(N3CCCC3)C2)c2nonc12. The summed E-state index contributed by atoms with van der Waals surface area (Å²) in [6.45, 7) is 4.63. The minimum Gasteiger partial charge on any atom is -0.397 e. The average Bonchev–Trinajstić information content (AvgIpc) is 3.20. The lowest BCUT2D eigenvalue weighted by Gasteiger charge is -2.24. The minimum atomic E-state index is 0.625. The van der Waals surface area contributed by atoms with Crippen molar-refractivity contribution in [3.05, 3.63) is 12.1 Å². The fourth-order valence-electron chi connectivity index (χ4n) is 3.49. The molecule has 20 heavy (non-hydrogen) atoms. The normalized spacial score (nSPS) is 24.0. The summed E-state index contributed by atoms with van der Waals surface area (Å²) in [5, 5.41) is 7.92. The fraction of sp³-hybridized carbons (Fsp3) is 0.571. The zero-order valence-corrected chi connectivity index (χ0v) is 11.5. The van der Waals surface area contributed by atoms with Gasteiger partial charge in [0.25, 0.3) is 0 Å². The number of fused-ring (bicyclic) bond motifs is 1. The topological polar surface area (TPSA) is 71.4 Å². The van der Waals surface area contributed by atoms with Gasteiger partial charge in [0, 0.05) is 19.1 Å². The molecule has 4 rings (SSSR count). The molecular formula is C14H19N5O. The predicted octanol–water partition coefficient (Wildman–Crippen LogP) is 1.48. The summed E-state index contributed by atoms with van der Waals surface area (Å²) in [6.07, 6.45) is 3.91. The number of nitrogen functional groups attached to an aromatic ring is 1. The summed E-state index contributed by atoms with van der Waals surface area (Å²) < 4.78 is 4.86. The Balaban J connectivity index is 1.61. The lowest BCUT2D eigenvalue weighted by atomic mass is 10.2. The van der Waals surface area contributed by atoms with Gasteiger partial charge in [-0.2, -0.15) is 0 Å². The molecule has 0 radical (unpaired) electrons. The Labute approximate surface area is 117 Å². The molecule has 1 aromatic carbocycles. The fourth-order valence-corrected chi connectivity index (χ4v) is 3.49. The summed E-state index contributed by atoms with van der Waals surface area (Å²) in [5.41, 5.74) is 9.08. The average molecular weight is 273 g/mol. The van der Waals surface area contributed by atoms with Crippen molar-refractivity contribution in [2.75, 3.05) is 36.8 Å². The molecule has 0 aliphatic carbocycles. The van der Waals surface area contributed by atoms with E-state index in [4.69, 9.17) is 10.4 Å². The second-order valence-corrected chi connectivity index (χ2v) is 5.77. The first kappa shape index (κ1) is 12.0. The van der Waals surface area contributed by atoms with Crippen LogP contribution >= 0.6 is 0 Å². The smallest absolute Gasteiger partial charge is 0.160 e. The number of hydrogen-bond donors (Lipinski definition) is 1. The van der Waals surface area contributed by atoms with E-state index in [-0.39, 0.29) is 0 Å². The van der Waals surface area contributed by atoms with Crippen molar-refractivity contribution >= 4 is 22.4 Å². The third kappa shape index (κ3) is 1.83. The first-order valence-electron chi connectivity index (χ1n) is 7.32. The van der Waals surface area contributed by atoms with Gasteiger partial charge in [-0.15, -0.1) is 0 Å². The number of aromatic nitrogens is 2. The van der Waals surface area contributed by atoms with Crippen molar-refractivity contribution in [3.8, 4) is 0 Å². The van der Waals surface area contributed by atoms with Crippen LogP contribution in [0.5, 0.6) is 0 Å². The van der Waals surface area contributed by atoms with Gasteiger partial charge in [-0.3, -0.25) is 4.90 Å². The number of benzene rings is 1. The van der Waals surface area contributed by atoms with Gasteiger partial charge in [-0.05, 0) is 54.8 Å². The molecule has 2 saturated heterocycles. The van der Waals surface area contributed by atoms with Gasteiger partial charge in [0.2, 0.25) is 0 Å². The van der Waals surface area contributed by atoms with E-state index in [1.807, 2.05) is 12.1 Å². The van der Waals surface area contributed by atoms with Crippen LogP contribution in [0, 0.1) is 0 Å². The van der Waals surface area contributed by atoms with Gasteiger partial charge < -0.3 is 10.6 Å². The van der Waals surface area contributed by atoms with Gasteiger partial charge in [-0.25, -0.2) is 4.63 Å². The summed E-state index contributed by atoms with van der Waals surface area (Å²) in [4.78, 5) is 5.00. The van der Waals surface area contributed by atoms with Gasteiger partial charge in [0.15, 0.2) is 11.0 Å². The summed E-state index contributed by atoms with van der Waals surface area (Å²) in [5.74, 6) is 0. The van der Waals surface area contributed by atoms with Gasteiger partial charge in [0.05, 0.1) is 11.4 Å². The van der Waals surface area contributed by atoms with E-state index >= 15 is 0 Å². The van der Waals surface area contributed by atoms with Crippen molar-refractivity contribution in [2.24, 2.45) is 0 Å². The van der Waals surface area contributed by atoms with E-state index in [0.717, 1.165) is 24.3 Å². The minimum absolute atomic E-state index is 0.625. The largest absolute Gasteiger partial charge is 0.397 e. The Bertz CT molecular complexity index is 619. The molecular weight excluding hydrogens is 254 g/mol. The molecule has 1 unspecified atom stereocenters. The highest BCUT2D eigenvalue weighted by molar-refractivity contribution is 5.95. The Morgan fingerprint density at radius 3 is 2.75 bits per heavy atom. The quantitative estimate of drug-likeness (QED) is 0.836. The van der Waals surface area contributed by atoms with Crippen molar-refractivity contribution in [1.29, 1.82) is 0 Å². The maximum absolute atomic E-state index is 5.91. The van der Waals surface area contributed by atoms with E-state index in [2.05, 4.69) is 20.1 Å². The zero-order chi connectivity index (χ0) is 13.5. The van der Waals surface area contributed by atoms with E-state index in [0.29, 0.717) is 17.2 Å². The molecule has 1 atom stereocenters. The number of rotatable bonds is 2. The van der Waals surface area contributed by atoms with Gasteiger partial charge >= 0.3 is 0 Å². The van der Waals surface area contributed by atoms with E-state index in [1.165, 1.54) is 32.4 Å². The molecule has 3 heterocycles. The molecule has 2 N–H and O–H groups in total. The van der Waals surface area contributed by atoms with Crippen LogP contribution in [-0.4, -0.2) is 47.4 Å². The maximum Gasteiger partial charge on any atom is 0.160 e. The standard InChI is InChI=1S/C14H19N5O/c15-11-3-4-12(14-13(11)16-20-17-14)19-8-5-10(9-19)18-6-1-2-7-18/h3-4,10H,1-2,5-9,15H2. The molecule has 6 heteroatoms. The Hall–Kier alpha value is -1.82. The molecule has 1 aromatic heterocycles. The summed E-state index contributed by atoms with van der Waals surface area (Å²) >= 11 is 0. The zero-order valence-electron chi connectivity index (χ0n) is 11.5. The molecule has 6 nitrogen and oxygen atoms in total. The molecule has 0 amide bonds. The number of likely N-dealkylation sites (tertiary alicyclic amines) is 1. The van der Waals surface area contributed by atoms with Crippen LogP contribution in [0.4, 0.5) is 11.4 Å². The third-order valence-electron chi connectivity index (χ3n) is 4.59. The second-order valence-electron chi connectivity index (χ2n) is 5.77. The molecule has 2 aliphatic heterocycles. The molecule has 0 spiro atoms. The number of nitrogens with zero attached hydrogens (tertiary/aromatic N) is 4. The third-order valence-corrected chi connectivity index (χ3v) is 4.59. The Kier molecular flexibility index (Phi) is 2.77. The first-order valence-corrected chi connectivity index (χ1v) is 7.32. The summed E-state index contributed by atoms with van der Waals surface area (Å²) in [6, 6.07) is 4.60. The van der Waals surface area contributed by atoms with Gasteiger partial charge in [-0.1, -0.05) is 0 Å². The van der Waals surface area contributed by atoms with Crippen LogP contribution in [0.2, 0.25) is 0 Å². The molecule has 2 aliphatic rings. The van der Waals surface area contributed by atoms with Crippen molar-refractivity contribution in [2.45, 2.75) is 25.3 Å². The van der Waals surface area contributed by atoms with Crippen molar-refractivity contribution in [3.63, 3.8) is 0 Å². The highest BCUT2D eigenvalue weighted by atomic mass is 16.6. The van der Waals surface area contributed by atoms with Crippen LogP contribution < -0.4 is 10.6 Å². The molecule has 2 aromatic rings. The van der Waals surface area contributed by atoms with Crippen molar-refractivity contribution < 1.29 is 4.63 Å². The highest BCUT2D eigenvalue weighted by Crippen LogP contribution is 2.32. The van der Waals surface area contributed by atoms with Crippen LogP contribution in [0.1, 0.15) is 19.3 Å². The van der Waals surface area contributed by atoms with Crippen LogP contribution in [0.3, 0.4) is 0 Å². The van der Waals surface area contributed by atoms with E-state index in [1.54, 1.807) is 0 Å². The number of hydrogen-bond acceptors (Lipinski definition) is 6. The van der Waals surface area contributed by atoms with E-state index in [9.17, 15) is 0 Å². The lowest BCUT2D eigenvalue weighted by molar-refractivity contribution is 0.260. The number of anilines is 2. The Morgan fingerprint density at radius 1 is 1.10 bits per heavy atom. The molecule has 2 fully saturated rings. The van der Waals surface area contributed by atoms with Crippen LogP contribution in [-0.2, 0) is 0 Å². The predicted molar refractivity (Wildman–Crippen MR) is 77.6 cm³/mol. The number of nitrogens with two attached hydrogens (primary N) is 1. The molecule has 106 valence electrons. The summed E-state index contributed by atoms with van der Waals surface area (Å²) in [7, 11) is 0. The van der Waals surface area contributed by atoms with Crippen LogP contribution in [0.15, 0.2) is 16.8 Å². The first-order chi connectivity index (χ1) is 9.83. The van der Waals surface area contributed by atoms with Crippen molar-refractivity contribution in [1.82, 2.24) is 15.2 Å². The Morgan fingerprint density at radius 2 is 1.90 bits per heavy atom. The monoisotopic (exact) mass is 273 g/mol. The second kappa shape index (κ2) is 4.63.